The van der Waals surface area contributed by atoms with Crippen LogP contribution >= 0.6 is 0 Å². The van der Waals surface area contributed by atoms with Gasteiger partial charge >= 0.3 is 6.09 Å². The molecule has 1 amide bonds. The third-order valence-electron chi connectivity index (χ3n) is 1.81. The first-order valence-electron chi connectivity index (χ1n) is 4.99. The molecule has 1 atom stereocenters. The van der Waals surface area contributed by atoms with Gasteiger partial charge in [0.2, 0.25) is 6.43 Å². The highest BCUT2D eigenvalue weighted by atomic mass is 19.3. The standard InChI is InChI=1S/C9H17F2NO4/c10-8(11)2-1-7(16-9(12)14)3-5-15-6-4-13/h7-8,13H,1-6H2,(H2,12,14). The van der Waals surface area contributed by atoms with Crippen LogP contribution in [0.15, 0.2) is 0 Å². The molecule has 96 valence electrons. The molecule has 0 fully saturated rings. The highest BCUT2D eigenvalue weighted by Crippen LogP contribution is 2.12. The van der Waals surface area contributed by atoms with Crippen LogP contribution in [0.1, 0.15) is 19.3 Å². The summed E-state index contributed by atoms with van der Waals surface area (Å²) in [5, 5.41) is 8.42. The molecule has 0 heterocycles. The molecule has 3 N–H and O–H groups in total. The molecule has 0 aromatic heterocycles. The molecule has 7 heteroatoms. The van der Waals surface area contributed by atoms with E-state index in [2.05, 4.69) is 4.74 Å². The molecule has 5 nitrogen and oxygen atoms in total. The van der Waals surface area contributed by atoms with E-state index in [1.54, 1.807) is 0 Å². The average Bonchev–Trinajstić information content (AvgIpc) is 2.19. The van der Waals surface area contributed by atoms with Gasteiger partial charge in [0.25, 0.3) is 0 Å². The Bertz CT molecular complexity index is 192. The number of rotatable bonds is 9. The van der Waals surface area contributed by atoms with Crippen molar-refractivity contribution in [3.63, 3.8) is 0 Å². The summed E-state index contributed by atoms with van der Waals surface area (Å²) in [4.78, 5) is 10.5. The molecule has 0 rings (SSSR count). The first kappa shape index (κ1) is 15.0. The zero-order chi connectivity index (χ0) is 12.4. The maximum Gasteiger partial charge on any atom is 0.404 e. The normalized spacial score (nSPS) is 12.8. The summed E-state index contributed by atoms with van der Waals surface area (Å²) >= 11 is 0. The van der Waals surface area contributed by atoms with Gasteiger partial charge in [0, 0.05) is 12.8 Å². The molecule has 0 saturated carbocycles. The topological polar surface area (TPSA) is 81.8 Å². The Morgan fingerprint density at radius 1 is 1.25 bits per heavy atom. The van der Waals surface area contributed by atoms with Gasteiger partial charge in [-0.05, 0) is 6.42 Å². The van der Waals surface area contributed by atoms with Gasteiger partial charge in [0.1, 0.15) is 6.10 Å². The van der Waals surface area contributed by atoms with Crippen LogP contribution in [0, 0.1) is 0 Å². The molecule has 0 saturated heterocycles. The number of aliphatic hydroxyl groups is 1. The molecule has 1 unspecified atom stereocenters. The Morgan fingerprint density at radius 3 is 2.44 bits per heavy atom. The van der Waals surface area contributed by atoms with Crippen LogP contribution in [0.4, 0.5) is 13.6 Å². The SMILES string of the molecule is NC(=O)OC(CCOCCO)CCC(F)F. The van der Waals surface area contributed by atoms with E-state index in [1.807, 2.05) is 0 Å². The molecule has 0 radical (unpaired) electrons. The van der Waals surface area contributed by atoms with Crippen molar-refractivity contribution in [2.45, 2.75) is 31.8 Å². The first-order valence-corrected chi connectivity index (χ1v) is 4.99. The molecule has 0 bridgehead atoms. The summed E-state index contributed by atoms with van der Waals surface area (Å²) in [7, 11) is 0. The van der Waals surface area contributed by atoms with E-state index in [1.165, 1.54) is 0 Å². The fourth-order valence-electron chi connectivity index (χ4n) is 1.12. The first-order chi connectivity index (χ1) is 7.56. The minimum absolute atomic E-state index is 0.0447. The maximum absolute atomic E-state index is 11.9. The molecule has 0 aromatic rings. The molecule has 0 spiro atoms. The maximum atomic E-state index is 11.9. The van der Waals surface area contributed by atoms with Gasteiger partial charge in [-0.25, -0.2) is 13.6 Å². The van der Waals surface area contributed by atoms with Crippen molar-refractivity contribution in [1.29, 1.82) is 0 Å². The third kappa shape index (κ3) is 9.60. The number of carbonyl (C=O) groups excluding carboxylic acids is 1. The highest BCUT2D eigenvalue weighted by molar-refractivity contribution is 5.64. The summed E-state index contributed by atoms with van der Waals surface area (Å²) in [6, 6.07) is 0. The van der Waals surface area contributed by atoms with Crippen molar-refractivity contribution in [1.82, 2.24) is 0 Å². The summed E-state index contributed by atoms with van der Waals surface area (Å²) < 4.78 is 33.5. The van der Waals surface area contributed by atoms with Crippen molar-refractivity contribution in [2.24, 2.45) is 5.73 Å². The Hall–Kier alpha value is -0.950. The van der Waals surface area contributed by atoms with Crippen LogP contribution in [-0.4, -0.2) is 43.5 Å². The smallest absolute Gasteiger partial charge is 0.404 e. The summed E-state index contributed by atoms with van der Waals surface area (Å²) in [5.74, 6) is 0. The monoisotopic (exact) mass is 241 g/mol. The van der Waals surface area contributed by atoms with Gasteiger partial charge in [0.05, 0.1) is 19.8 Å². The second-order valence-electron chi connectivity index (χ2n) is 3.15. The molecular formula is C9H17F2NO4. The van der Waals surface area contributed by atoms with E-state index in [4.69, 9.17) is 15.6 Å². The quantitative estimate of drug-likeness (QED) is 0.587. The number of amides is 1. The lowest BCUT2D eigenvalue weighted by Crippen LogP contribution is -2.25. The Morgan fingerprint density at radius 2 is 1.94 bits per heavy atom. The number of nitrogens with two attached hydrogens (primary N) is 1. The predicted molar refractivity (Wildman–Crippen MR) is 52.2 cm³/mol. The Balaban J connectivity index is 3.76. The lowest BCUT2D eigenvalue weighted by atomic mass is 10.1. The van der Waals surface area contributed by atoms with Crippen LogP contribution in [-0.2, 0) is 9.47 Å². The number of alkyl halides is 2. The van der Waals surface area contributed by atoms with Crippen molar-refractivity contribution in [3.8, 4) is 0 Å². The van der Waals surface area contributed by atoms with Crippen LogP contribution in [0.3, 0.4) is 0 Å². The second-order valence-corrected chi connectivity index (χ2v) is 3.15. The number of carbonyl (C=O) groups is 1. The van der Waals surface area contributed by atoms with Gasteiger partial charge < -0.3 is 20.3 Å². The number of primary amides is 1. The molecule has 0 aliphatic heterocycles. The fraction of sp³-hybridized carbons (Fsp3) is 0.889. The summed E-state index contributed by atoms with van der Waals surface area (Å²) in [6.45, 7) is 0.276. The van der Waals surface area contributed by atoms with Crippen LogP contribution in [0.25, 0.3) is 0 Å². The number of hydrogen-bond donors (Lipinski definition) is 2. The van der Waals surface area contributed by atoms with E-state index in [-0.39, 0.29) is 39.1 Å². The average molecular weight is 241 g/mol. The van der Waals surface area contributed by atoms with Crippen molar-refractivity contribution >= 4 is 6.09 Å². The molecule has 0 aromatic carbocycles. The summed E-state index contributed by atoms with van der Waals surface area (Å²) in [6.07, 6.45) is -4.10. The number of ether oxygens (including phenoxy) is 2. The van der Waals surface area contributed by atoms with Crippen molar-refractivity contribution < 1.29 is 28.2 Å². The van der Waals surface area contributed by atoms with Crippen LogP contribution < -0.4 is 5.73 Å². The molecule has 0 aliphatic carbocycles. The largest absolute Gasteiger partial charge is 0.446 e. The van der Waals surface area contributed by atoms with E-state index >= 15 is 0 Å². The van der Waals surface area contributed by atoms with E-state index < -0.39 is 18.6 Å². The minimum Gasteiger partial charge on any atom is -0.446 e. The lowest BCUT2D eigenvalue weighted by molar-refractivity contribution is 0.0364. The zero-order valence-corrected chi connectivity index (χ0v) is 8.90. The third-order valence-corrected chi connectivity index (χ3v) is 1.81. The summed E-state index contributed by atoms with van der Waals surface area (Å²) in [5.41, 5.74) is 4.80. The van der Waals surface area contributed by atoms with Gasteiger partial charge in [0.15, 0.2) is 0 Å². The van der Waals surface area contributed by atoms with Gasteiger partial charge in [-0.15, -0.1) is 0 Å². The van der Waals surface area contributed by atoms with E-state index in [0.29, 0.717) is 0 Å². The van der Waals surface area contributed by atoms with Gasteiger partial charge in [-0.2, -0.15) is 0 Å². The predicted octanol–water partition coefficient (Wildman–Crippen LogP) is 0.895. The van der Waals surface area contributed by atoms with Crippen LogP contribution in [0.5, 0.6) is 0 Å². The van der Waals surface area contributed by atoms with E-state index in [9.17, 15) is 13.6 Å². The lowest BCUT2D eigenvalue weighted by Gasteiger charge is -2.16. The fourth-order valence-corrected chi connectivity index (χ4v) is 1.12. The molecule has 0 aliphatic rings. The Kier molecular flexibility index (Phi) is 8.74. The van der Waals surface area contributed by atoms with Crippen LogP contribution in [0.2, 0.25) is 0 Å². The highest BCUT2D eigenvalue weighted by Gasteiger charge is 2.15. The van der Waals surface area contributed by atoms with Gasteiger partial charge in [-0.3, -0.25) is 0 Å². The second kappa shape index (κ2) is 9.29. The Labute approximate surface area is 92.5 Å². The zero-order valence-electron chi connectivity index (χ0n) is 8.90. The number of hydrogen-bond acceptors (Lipinski definition) is 4. The number of aliphatic hydroxyl groups excluding tert-OH is 1. The number of halogens is 2. The van der Waals surface area contributed by atoms with Gasteiger partial charge in [-0.1, -0.05) is 0 Å². The van der Waals surface area contributed by atoms with Crippen molar-refractivity contribution in [2.75, 3.05) is 19.8 Å². The molecular weight excluding hydrogens is 224 g/mol. The van der Waals surface area contributed by atoms with Crippen molar-refractivity contribution in [3.05, 3.63) is 0 Å². The van der Waals surface area contributed by atoms with E-state index in [0.717, 1.165) is 0 Å². The molecule has 16 heavy (non-hydrogen) atoms. The minimum atomic E-state index is -2.43.